The molecule has 0 saturated carbocycles. The Hall–Kier alpha value is -2.07. The number of fused-ring (bicyclic) bond motifs is 1. The number of aromatic nitrogens is 3. The van der Waals surface area contributed by atoms with Gasteiger partial charge in [0.2, 0.25) is 0 Å². The van der Waals surface area contributed by atoms with Crippen LogP contribution in [0.5, 0.6) is 0 Å². The van der Waals surface area contributed by atoms with E-state index in [1.165, 1.54) is 29.3 Å². The van der Waals surface area contributed by atoms with Gasteiger partial charge in [0.25, 0.3) is 0 Å². The van der Waals surface area contributed by atoms with Crippen LogP contribution in [0, 0.1) is 0 Å². The highest BCUT2D eigenvalue weighted by Crippen LogP contribution is 2.33. The molecule has 1 aliphatic heterocycles. The van der Waals surface area contributed by atoms with Gasteiger partial charge < -0.3 is 9.55 Å². The molecule has 4 heteroatoms. The van der Waals surface area contributed by atoms with Crippen LogP contribution in [0.1, 0.15) is 30.1 Å². The maximum atomic E-state index is 4.44. The second-order valence-electron chi connectivity index (χ2n) is 6.29. The Morgan fingerprint density at radius 1 is 1.23 bits per heavy atom. The second-order valence-corrected chi connectivity index (χ2v) is 6.29. The molecule has 1 saturated heterocycles. The fourth-order valence-electron chi connectivity index (χ4n) is 3.58. The molecule has 0 atom stereocenters. The van der Waals surface area contributed by atoms with E-state index in [9.17, 15) is 0 Å². The lowest BCUT2D eigenvalue weighted by Gasteiger charge is -2.31. The highest BCUT2D eigenvalue weighted by molar-refractivity contribution is 5.83. The molecule has 3 heterocycles. The van der Waals surface area contributed by atoms with Crippen LogP contribution < -0.4 is 0 Å². The Morgan fingerprint density at radius 3 is 2.82 bits per heavy atom. The summed E-state index contributed by atoms with van der Waals surface area (Å²) in [7, 11) is 2.07. The summed E-state index contributed by atoms with van der Waals surface area (Å²) in [6.07, 6.45) is 8.57. The summed E-state index contributed by atoms with van der Waals surface area (Å²) >= 11 is 0. The number of likely N-dealkylation sites (tertiary alicyclic amines) is 1. The van der Waals surface area contributed by atoms with Crippen molar-refractivity contribution in [2.75, 3.05) is 13.1 Å². The Morgan fingerprint density at radius 2 is 2.05 bits per heavy atom. The molecule has 22 heavy (non-hydrogen) atoms. The van der Waals surface area contributed by atoms with Crippen molar-refractivity contribution in [1.82, 2.24) is 19.4 Å². The van der Waals surface area contributed by atoms with E-state index in [0.29, 0.717) is 5.92 Å². The van der Waals surface area contributed by atoms with Crippen molar-refractivity contribution < 1.29 is 0 Å². The number of benzene rings is 1. The molecule has 0 radical (unpaired) electrons. The van der Waals surface area contributed by atoms with E-state index in [4.69, 9.17) is 0 Å². The molecule has 0 amide bonds. The average Bonchev–Trinajstić information content (AvgIpc) is 3.15. The first-order valence-electron chi connectivity index (χ1n) is 8.06. The van der Waals surface area contributed by atoms with Crippen LogP contribution >= 0.6 is 0 Å². The smallest absolute Gasteiger partial charge is 0.122 e. The molecule has 3 aromatic rings. The van der Waals surface area contributed by atoms with Gasteiger partial charge in [-0.3, -0.25) is 4.90 Å². The van der Waals surface area contributed by atoms with Crippen LogP contribution in [0.25, 0.3) is 10.9 Å². The van der Waals surface area contributed by atoms with Gasteiger partial charge in [-0.2, -0.15) is 0 Å². The minimum atomic E-state index is 0.675. The normalized spacial score (nSPS) is 17.3. The van der Waals surface area contributed by atoms with Crippen molar-refractivity contribution in [2.24, 2.45) is 7.05 Å². The van der Waals surface area contributed by atoms with Crippen molar-refractivity contribution >= 4 is 10.9 Å². The number of rotatable bonds is 3. The molecule has 2 aromatic heterocycles. The highest BCUT2D eigenvalue weighted by Gasteiger charge is 2.23. The number of aryl methyl sites for hydroxylation is 1. The van der Waals surface area contributed by atoms with Crippen LogP contribution in [0.4, 0.5) is 0 Å². The summed E-state index contributed by atoms with van der Waals surface area (Å²) in [6, 6.07) is 8.63. The van der Waals surface area contributed by atoms with Crippen molar-refractivity contribution in [2.45, 2.75) is 25.3 Å². The second kappa shape index (κ2) is 5.61. The average molecular weight is 294 g/mol. The summed E-state index contributed by atoms with van der Waals surface area (Å²) in [6.45, 7) is 3.26. The van der Waals surface area contributed by atoms with Crippen LogP contribution in [0.3, 0.4) is 0 Å². The number of nitrogens with one attached hydrogen (secondary N) is 1. The van der Waals surface area contributed by atoms with Crippen LogP contribution in [0.2, 0.25) is 0 Å². The molecule has 1 fully saturated rings. The number of nitrogens with zero attached hydrogens (tertiary/aromatic N) is 3. The zero-order valence-electron chi connectivity index (χ0n) is 13.0. The zero-order valence-corrected chi connectivity index (χ0v) is 13.0. The topological polar surface area (TPSA) is 36.9 Å². The lowest BCUT2D eigenvalue weighted by molar-refractivity contribution is 0.199. The van der Waals surface area contributed by atoms with Crippen molar-refractivity contribution in [1.29, 1.82) is 0 Å². The van der Waals surface area contributed by atoms with Gasteiger partial charge in [-0.15, -0.1) is 0 Å². The summed E-state index contributed by atoms with van der Waals surface area (Å²) in [4.78, 5) is 10.4. The molecule has 0 spiro atoms. The van der Waals surface area contributed by atoms with E-state index in [1.807, 2.05) is 12.4 Å². The first kappa shape index (κ1) is 13.6. The minimum Gasteiger partial charge on any atom is -0.361 e. The Balaban J connectivity index is 1.44. The van der Waals surface area contributed by atoms with Crippen molar-refractivity contribution in [3.8, 4) is 0 Å². The van der Waals surface area contributed by atoms with E-state index in [1.54, 1.807) is 0 Å². The first-order chi connectivity index (χ1) is 10.8. The molecular formula is C18H22N4. The zero-order chi connectivity index (χ0) is 14.9. The molecule has 1 aromatic carbocycles. The SMILES string of the molecule is Cn1ccnc1CN1CCC(c2c[nH]c3ccccc23)CC1. The Labute approximate surface area is 130 Å². The number of hydrogen-bond donors (Lipinski definition) is 1. The lowest BCUT2D eigenvalue weighted by Crippen LogP contribution is -2.33. The van der Waals surface area contributed by atoms with Crippen LogP contribution in [0.15, 0.2) is 42.9 Å². The van der Waals surface area contributed by atoms with Gasteiger partial charge >= 0.3 is 0 Å². The summed E-state index contributed by atoms with van der Waals surface area (Å²) in [5, 5.41) is 1.39. The number of aromatic amines is 1. The van der Waals surface area contributed by atoms with Gasteiger partial charge in [-0.1, -0.05) is 18.2 Å². The summed E-state index contributed by atoms with van der Waals surface area (Å²) in [5.74, 6) is 1.83. The minimum absolute atomic E-state index is 0.675. The number of piperidine rings is 1. The molecule has 4 rings (SSSR count). The van der Waals surface area contributed by atoms with Crippen LogP contribution in [-0.4, -0.2) is 32.5 Å². The molecule has 1 aliphatic rings. The number of hydrogen-bond acceptors (Lipinski definition) is 2. The number of para-hydroxylation sites is 1. The van der Waals surface area contributed by atoms with Gasteiger partial charge in [0, 0.05) is 36.5 Å². The third-order valence-corrected chi connectivity index (χ3v) is 4.93. The summed E-state index contributed by atoms with van der Waals surface area (Å²) < 4.78 is 2.12. The molecule has 114 valence electrons. The molecule has 0 unspecified atom stereocenters. The largest absolute Gasteiger partial charge is 0.361 e. The molecule has 0 bridgehead atoms. The fourth-order valence-corrected chi connectivity index (χ4v) is 3.58. The van der Waals surface area contributed by atoms with Crippen molar-refractivity contribution in [3.63, 3.8) is 0 Å². The van der Waals surface area contributed by atoms with E-state index >= 15 is 0 Å². The van der Waals surface area contributed by atoms with Crippen LogP contribution in [-0.2, 0) is 13.6 Å². The third kappa shape index (κ3) is 2.44. The maximum absolute atomic E-state index is 4.44. The van der Waals surface area contributed by atoms with Gasteiger partial charge in [0.1, 0.15) is 5.82 Å². The maximum Gasteiger partial charge on any atom is 0.122 e. The number of imidazole rings is 1. The predicted octanol–water partition coefficient (Wildman–Crippen LogP) is 3.28. The monoisotopic (exact) mass is 294 g/mol. The van der Waals surface area contributed by atoms with E-state index < -0.39 is 0 Å². The van der Waals surface area contributed by atoms with E-state index in [-0.39, 0.29) is 0 Å². The van der Waals surface area contributed by atoms with Crippen molar-refractivity contribution in [3.05, 3.63) is 54.2 Å². The fraction of sp³-hybridized carbons (Fsp3) is 0.389. The van der Waals surface area contributed by atoms with Gasteiger partial charge in [-0.25, -0.2) is 4.98 Å². The Kier molecular flexibility index (Phi) is 3.47. The summed E-state index contributed by atoms with van der Waals surface area (Å²) in [5.41, 5.74) is 2.75. The van der Waals surface area contributed by atoms with E-state index in [2.05, 4.69) is 56.9 Å². The molecule has 1 N–H and O–H groups in total. The molecular weight excluding hydrogens is 272 g/mol. The molecule has 4 nitrogen and oxygen atoms in total. The predicted molar refractivity (Wildman–Crippen MR) is 88.8 cm³/mol. The van der Waals surface area contributed by atoms with Gasteiger partial charge in [0.05, 0.1) is 6.54 Å². The molecule has 0 aliphatic carbocycles. The standard InChI is InChI=1S/C18H22N4/c1-21-11-8-19-18(21)13-22-9-6-14(7-10-22)16-12-20-17-5-3-2-4-15(16)17/h2-5,8,11-12,14,20H,6-7,9-10,13H2,1H3. The van der Waals surface area contributed by atoms with Gasteiger partial charge in [0.15, 0.2) is 0 Å². The lowest BCUT2D eigenvalue weighted by atomic mass is 9.89. The van der Waals surface area contributed by atoms with Gasteiger partial charge in [-0.05, 0) is 43.5 Å². The Bertz CT molecular complexity index is 762. The third-order valence-electron chi connectivity index (χ3n) is 4.93. The first-order valence-corrected chi connectivity index (χ1v) is 8.06. The highest BCUT2D eigenvalue weighted by atomic mass is 15.2. The van der Waals surface area contributed by atoms with E-state index in [0.717, 1.165) is 25.5 Å². The quantitative estimate of drug-likeness (QED) is 0.805. The number of H-pyrrole nitrogens is 1.